The third kappa shape index (κ3) is 3.87. The Morgan fingerprint density at radius 3 is 2.64 bits per heavy atom. The predicted molar refractivity (Wildman–Crippen MR) is 81.6 cm³/mol. The number of hydrogen-bond donors (Lipinski definition) is 1. The molecule has 0 amide bonds. The number of nitrogens with zero attached hydrogens (tertiary/aromatic N) is 4. The zero-order valence-corrected chi connectivity index (χ0v) is 12.2. The van der Waals surface area contributed by atoms with Crippen LogP contribution in [-0.4, -0.2) is 9.78 Å². The van der Waals surface area contributed by atoms with Gasteiger partial charge in [-0.15, -0.1) is 0 Å². The molecule has 6 heteroatoms. The van der Waals surface area contributed by atoms with Crippen molar-refractivity contribution >= 4 is 5.69 Å². The van der Waals surface area contributed by atoms with Crippen LogP contribution in [0.25, 0.3) is 0 Å². The summed E-state index contributed by atoms with van der Waals surface area (Å²) in [7, 11) is 0. The molecule has 2 rings (SSSR count). The van der Waals surface area contributed by atoms with Crippen LogP contribution in [-0.2, 0) is 13.2 Å². The number of rotatable bonds is 6. The zero-order chi connectivity index (χ0) is 15.8. The Morgan fingerprint density at radius 1 is 1.27 bits per heavy atom. The molecule has 0 aliphatic rings. The summed E-state index contributed by atoms with van der Waals surface area (Å²) in [6, 6.07) is 12.8. The first-order valence-electron chi connectivity index (χ1n) is 6.77. The van der Waals surface area contributed by atoms with E-state index in [0.717, 1.165) is 23.7 Å². The molecule has 110 valence electrons. The van der Waals surface area contributed by atoms with Gasteiger partial charge in [-0.3, -0.25) is 4.68 Å². The minimum atomic E-state index is 0.0214. The molecule has 0 atom stereocenters. The van der Waals surface area contributed by atoms with Gasteiger partial charge in [0.05, 0.1) is 5.69 Å². The first-order chi connectivity index (χ1) is 10.8. The van der Waals surface area contributed by atoms with Gasteiger partial charge in [-0.1, -0.05) is 0 Å². The van der Waals surface area contributed by atoms with E-state index in [1.165, 1.54) is 6.20 Å². The Kier molecular flexibility index (Phi) is 5.17. The number of ether oxygens (including phenoxy) is 1. The lowest BCUT2D eigenvalue weighted by Crippen LogP contribution is -2.05. The van der Waals surface area contributed by atoms with Crippen molar-refractivity contribution in [2.45, 2.75) is 20.1 Å². The van der Waals surface area contributed by atoms with Gasteiger partial charge >= 0.3 is 0 Å². The van der Waals surface area contributed by atoms with Crippen LogP contribution in [0, 0.1) is 22.7 Å². The lowest BCUT2D eigenvalue weighted by Gasteiger charge is -2.08. The van der Waals surface area contributed by atoms with E-state index in [9.17, 15) is 0 Å². The van der Waals surface area contributed by atoms with Gasteiger partial charge in [-0.05, 0) is 37.3 Å². The van der Waals surface area contributed by atoms with Crippen LogP contribution >= 0.6 is 0 Å². The molecule has 0 saturated carbocycles. The number of aromatic nitrogens is 2. The highest BCUT2D eigenvalue weighted by molar-refractivity contribution is 5.51. The SMILES string of the molecule is CCn1nccc1COc1ccc(NC=C(C#N)C#N)cc1. The number of hydrogen-bond acceptors (Lipinski definition) is 5. The van der Waals surface area contributed by atoms with Gasteiger partial charge < -0.3 is 10.1 Å². The number of allylic oxidation sites excluding steroid dienone is 1. The molecule has 0 aliphatic carbocycles. The summed E-state index contributed by atoms with van der Waals surface area (Å²) in [6.07, 6.45) is 3.12. The van der Waals surface area contributed by atoms with E-state index in [4.69, 9.17) is 15.3 Å². The van der Waals surface area contributed by atoms with Crippen molar-refractivity contribution in [2.75, 3.05) is 5.32 Å². The molecule has 0 radical (unpaired) electrons. The predicted octanol–water partition coefficient (Wildman–Crippen LogP) is 2.82. The summed E-state index contributed by atoms with van der Waals surface area (Å²) in [5.74, 6) is 0.735. The minimum Gasteiger partial charge on any atom is -0.487 e. The molecule has 0 aliphatic heterocycles. The third-order valence-corrected chi connectivity index (χ3v) is 2.97. The molecule has 0 unspecified atom stereocenters. The summed E-state index contributed by atoms with van der Waals surface area (Å²) in [4.78, 5) is 0. The average Bonchev–Trinajstić information content (AvgIpc) is 3.02. The Labute approximate surface area is 128 Å². The fourth-order valence-corrected chi connectivity index (χ4v) is 1.82. The van der Waals surface area contributed by atoms with Crippen LogP contribution in [0.2, 0.25) is 0 Å². The molecule has 2 aromatic rings. The summed E-state index contributed by atoms with van der Waals surface area (Å²) in [5.41, 5.74) is 1.81. The van der Waals surface area contributed by atoms with Gasteiger partial charge in [0.2, 0.25) is 0 Å². The van der Waals surface area contributed by atoms with Crippen LogP contribution in [0.1, 0.15) is 12.6 Å². The van der Waals surface area contributed by atoms with Crippen molar-refractivity contribution in [2.24, 2.45) is 0 Å². The standard InChI is InChI=1S/C16H15N5O/c1-2-21-15(7-8-20-21)12-22-16-5-3-14(4-6-16)19-11-13(9-17)10-18/h3-8,11,19H,2,12H2,1H3. The molecular formula is C16H15N5O. The molecule has 6 nitrogen and oxygen atoms in total. The number of aryl methyl sites for hydroxylation is 1. The number of nitrogens with one attached hydrogen (secondary N) is 1. The second-order valence-electron chi connectivity index (χ2n) is 4.38. The second kappa shape index (κ2) is 7.51. The third-order valence-electron chi connectivity index (χ3n) is 2.97. The van der Waals surface area contributed by atoms with Crippen molar-refractivity contribution in [3.8, 4) is 17.9 Å². The van der Waals surface area contributed by atoms with Gasteiger partial charge in [0, 0.05) is 24.6 Å². The summed E-state index contributed by atoms with van der Waals surface area (Å²) < 4.78 is 7.59. The molecular weight excluding hydrogens is 278 g/mol. The lowest BCUT2D eigenvalue weighted by atomic mass is 10.3. The fourth-order valence-electron chi connectivity index (χ4n) is 1.82. The summed E-state index contributed by atoms with van der Waals surface area (Å²) in [6.45, 7) is 3.29. The molecule has 1 N–H and O–H groups in total. The van der Waals surface area contributed by atoms with Gasteiger partial charge in [-0.25, -0.2) is 0 Å². The highest BCUT2D eigenvalue weighted by Crippen LogP contribution is 2.17. The van der Waals surface area contributed by atoms with Gasteiger partial charge in [0.1, 0.15) is 30.1 Å². The number of benzene rings is 1. The van der Waals surface area contributed by atoms with Gasteiger partial charge in [-0.2, -0.15) is 15.6 Å². The minimum absolute atomic E-state index is 0.0214. The largest absolute Gasteiger partial charge is 0.487 e. The summed E-state index contributed by atoms with van der Waals surface area (Å²) in [5, 5.41) is 24.4. The van der Waals surface area contributed by atoms with Crippen molar-refractivity contribution < 1.29 is 4.74 Å². The van der Waals surface area contributed by atoms with Gasteiger partial charge in [0.15, 0.2) is 0 Å². The smallest absolute Gasteiger partial charge is 0.145 e. The zero-order valence-electron chi connectivity index (χ0n) is 12.2. The van der Waals surface area contributed by atoms with Crippen LogP contribution in [0.15, 0.2) is 48.3 Å². The van der Waals surface area contributed by atoms with Crippen LogP contribution in [0.4, 0.5) is 5.69 Å². The van der Waals surface area contributed by atoms with Crippen LogP contribution in [0.3, 0.4) is 0 Å². The van der Waals surface area contributed by atoms with E-state index in [1.54, 1.807) is 18.3 Å². The van der Waals surface area contributed by atoms with E-state index in [-0.39, 0.29) is 5.57 Å². The quantitative estimate of drug-likeness (QED) is 0.827. The normalized spacial score (nSPS) is 9.41. The molecule has 0 fully saturated rings. The first kappa shape index (κ1) is 15.1. The second-order valence-corrected chi connectivity index (χ2v) is 4.38. The van der Waals surface area contributed by atoms with E-state index < -0.39 is 0 Å². The molecule has 0 spiro atoms. The monoisotopic (exact) mass is 293 g/mol. The van der Waals surface area contributed by atoms with Crippen molar-refractivity contribution in [3.63, 3.8) is 0 Å². The van der Waals surface area contributed by atoms with E-state index in [2.05, 4.69) is 10.4 Å². The van der Waals surface area contributed by atoms with E-state index in [0.29, 0.717) is 6.61 Å². The maximum absolute atomic E-state index is 8.64. The molecule has 1 aromatic heterocycles. The fraction of sp³-hybridized carbons (Fsp3) is 0.188. The Balaban J connectivity index is 1.94. The maximum Gasteiger partial charge on any atom is 0.145 e. The Morgan fingerprint density at radius 2 is 2.00 bits per heavy atom. The van der Waals surface area contributed by atoms with Crippen molar-refractivity contribution in [1.29, 1.82) is 10.5 Å². The molecule has 0 saturated heterocycles. The summed E-state index contributed by atoms with van der Waals surface area (Å²) >= 11 is 0. The Hall–Kier alpha value is -3.25. The van der Waals surface area contributed by atoms with E-state index >= 15 is 0 Å². The molecule has 22 heavy (non-hydrogen) atoms. The van der Waals surface area contributed by atoms with Crippen LogP contribution in [0.5, 0.6) is 5.75 Å². The van der Waals surface area contributed by atoms with Crippen molar-refractivity contribution in [1.82, 2.24) is 9.78 Å². The topological polar surface area (TPSA) is 86.7 Å². The van der Waals surface area contributed by atoms with E-state index in [1.807, 2.05) is 41.9 Å². The molecule has 0 bridgehead atoms. The Bertz CT molecular complexity index is 715. The average molecular weight is 293 g/mol. The molecule has 1 heterocycles. The van der Waals surface area contributed by atoms with Crippen LogP contribution < -0.4 is 10.1 Å². The van der Waals surface area contributed by atoms with Crippen molar-refractivity contribution in [3.05, 3.63) is 54.0 Å². The lowest BCUT2D eigenvalue weighted by molar-refractivity contribution is 0.292. The number of anilines is 1. The highest BCUT2D eigenvalue weighted by Gasteiger charge is 2.02. The maximum atomic E-state index is 8.64. The molecule has 1 aromatic carbocycles. The highest BCUT2D eigenvalue weighted by atomic mass is 16.5. The van der Waals surface area contributed by atoms with Gasteiger partial charge in [0.25, 0.3) is 0 Å². The number of nitriles is 2. The first-order valence-corrected chi connectivity index (χ1v) is 6.77.